The van der Waals surface area contributed by atoms with Crippen molar-refractivity contribution in [1.82, 2.24) is 9.88 Å². The van der Waals surface area contributed by atoms with Gasteiger partial charge in [0.25, 0.3) is 11.8 Å². The average molecular weight is 418 g/mol. The lowest BCUT2D eigenvalue weighted by molar-refractivity contribution is -0.122. The number of nitrogens with zero attached hydrogens (tertiary/aromatic N) is 1. The summed E-state index contributed by atoms with van der Waals surface area (Å²) in [6.45, 7) is 0.159. The molecule has 7 nitrogen and oxygen atoms in total. The zero-order chi connectivity index (χ0) is 20.6. The predicted octanol–water partition coefficient (Wildman–Crippen LogP) is 2.72. The molecule has 4 aromatic rings. The maximum Gasteiger partial charge on any atom is 0.259 e. The summed E-state index contributed by atoms with van der Waals surface area (Å²) in [4.78, 5) is 25.7. The molecule has 0 aliphatic carbocycles. The second-order valence-corrected chi connectivity index (χ2v) is 7.98. The molecule has 1 unspecified atom stereocenters. The highest BCUT2D eigenvalue weighted by molar-refractivity contribution is 7.27. The number of hydrogen-bond donors (Lipinski definition) is 1. The molecule has 0 spiro atoms. The first-order valence-electron chi connectivity index (χ1n) is 9.27. The Morgan fingerprint density at radius 3 is 2.50 bits per heavy atom. The van der Waals surface area contributed by atoms with Crippen LogP contribution >= 0.6 is 9.24 Å². The average Bonchev–Trinajstić information content (AvgIpc) is 3.46. The molecule has 6 rings (SSSR count). The van der Waals surface area contributed by atoms with Gasteiger partial charge in [0, 0.05) is 41.2 Å². The molecule has 4 heterocycles. The first kappa shape index (κ1) is 17.3. The van der Waals surface area contributed by atoms with Crippen LogP contribution in [0.5, 0.6) is 11.5 Å². The van der Waals surface area contributed by atoms with Crippen molar-refractivity contribution in [1.29, 1.82) is 0 Å². The third-order valence-electron chi connectivity index (χ3n) is 5.55. The van der Waals surface area contributed by atoms with Crippen LogP contribution in [-0.4, -0.2) is 23.2 Å². The summed E-state index contributed by atoms with van der Waals surface area (Å²) in [5.41, 5.74) is 3.39. The van der Waals surface area contributed by atoms with Gasteiger partial charge in [0.15, 0.2) is 11.5 Å². The van der Waals surface area contributed by atoms with Gasteiger partial charge in [-0.25, -0.2) is 0 Å². The maximum atomic E-state index is 12.9. The number of carbonyl (C=O) groups excluding carboxylic acids is 2. The van der Waals surface area contributed by atoms with E-state index in [1.807, 2.05) is 48.1 Å². The fraction of sp³-hybridized carbons (Fsp3) is 0.0909. The van der Waals surface area contributed by atoms with Crippen LogP contribution in [0.1, 0.15) is 11.1 Å². The number of aromatic nitrogens is 1. The Balaban J connectivity index is 1.67. The number of furan rings is 1. The Labute approximate surface area is 172 Å². The molecule has 8 heteroatoms. The third-order valence-corrected chi connectivity index (χ3v) is 5.91. The van der Waals surface area contributed by atoms with Crippen LogP contribution in [0.15, 0.2) is 47.2 Å². The molecular weight excluding hydrogens is 403 g/mol. The summed E-state index contributed by atoms with van der Waals surface area (Å²) in [5, 5.41) is 4.98. The number of imide groups is 1. The van der Waals surface area contributed by atoms with E-state index in [0.717, 1.165) is 21.6 Å². The summed E-state index contributed by atoms with van der Waals surface area (Å²) in [5.74, 6) is 0.398. The molecule has 2 aromatic heterocycles. The van der Waals surface area contributed by atoms with Gasteiger partial charge in [-0.1, -0.05) is 6.07 Å². The number of benzene rings is 2. The van der Waals surface area contributed by atoms with E-state index in [1.54, 1.807) is 0 Å². The first-order chi connectivity index (χ1) is 14.5. The SMILES string of the molecule is Cn1cc(C2=C(c3coc4ccc(P)cc34)C(=O)NC2=O)c2cc3c(cc21)OCO3. The van der Waals surface area contributed by atoms with Crippen LogP contribution in [0.2, 0.25) is 0 Å². The van der Waals surface area contributed by atoms with E-state index in [9.17, 15) is 9.59 Å². The van der Waals surface area contributed by atoms with Crippen molar-refractivity contribution in [3.63, 3.8) is 0 Å². The largest absolute Gasteiger partial charge is 0.464 e. The van der Waals surface area contributed by atoms with Gasteiger partial charge in [0.2, 0.25) is 6.79 Å². The molecule has 0 radical (unpaired) electrons. The van der Waals surface area contributed by atoms with E-state index < -0.39 is 11.8 Å². The Morgan fingerprint density at radius 1 is 0.967 bits per heavy atom. The van der Waals surface area contributed by atoms with Crippen LogP contribution in [0.25, 0.3) is 33.0 Å². The normalized spacial score (nSPS) is 15.7. The Kier molecular flexibility index (Phi) is 3.44. The van der Waals surface area contributed by atoms with Crippen LogP contribution in [0, 0.1) is 0 Å². The minimum absolute atomic E-state index is 0.159. The lowest BCUT2D eigenvalue weighted by Crippen LogP contribution is -2.22. The van der Waals surface area contributed by atoms with Gasteiger partial charge in [-0.15, -0.1) is 9.24 Å². The van der Waals surface area contributed by atoms with Gasteiger partial charge >= 0.3 is 0 Å². The highest BCUT2D eigenvalue weighted by Gasteiger charge is 2.35. The molecule has 30 heavy (non-hydrogen) atoms. The van der Waals surface area contributed by atoms with Crippen molar-refractivity contribution in [2.75, 3.05) is 6.79 Å². The number of rotatable bonds is 2. The van der Waals surface area contributed by atoms with Gasteiger partial charge in [0.1, 0.15) is 5.58 Å². The number of amides is 2. The molecule has 0 fully saturated rings. The number of nitrogens with one attached hydrogen (secondary N) is 1. The molecule has 148 valence electrons. The van der Waals surface area contributed by atoms with Gasteiger partial charge < -0.3 is 18.5 Å². The minimum atomic E-state index is -0.440. The Morgan fingerprint density at radius 2 is 1.70 bits per heavy atom. The first-order valence-corrected chi connectivity index (χ1v) is 9.85. The number of hydrogen-bond acceptors (Lipinski definition) is 5. The molecule has 0 saturated heterocycles. The fourth-order valence-electron chi connectivity index (χ4n) is 4.18. The second kappa shape index (κ2) is 5.97. The standard InChI is InChI=1S/C22H15N2O5P/c1-24-7-13(11-5-17-18(6-15(11)24)29-9-28-17)19-20(22(26)23-21(19)25)14-8-27-16-3-2-10(30)4-12(14)16/h2-8H,9,30H2,1H3,(H,23,25,26). The summed E-state index contributed by atoms with van der Waals surface area (Å²) < 4.78 is 18.6. The van der Waals surface area contributed by atoms with Gasteiger partial charge in [-0.2, -0.15) is 0 Å². The zero-order valence-electron chi connectivity index (χ0n) is 15.8. The summed E-state index contributed by atoms with van der Waals surface area (Å²) in [6, 6.07) is 9.39. The Bertz CT molecular complexity index is 1460. The number of ether oxygens (including phenoxy) is 2. The third kappa shape index (κ3) is 2.30. The van der Waals surface area contributed by atoms with Crippen LogP contribution < -0.4 is 20.1 Å². The van der Waals surface area contributed by atoms with Gasteiger partial charge in [-0.05, 0) is 23.5 Å². The van der Waals surface area contributed by atoms with Gasteiger partial charge in [-0.3, -0.25) is 14.9 Å². The fourth-order valence-corrected chi connectivity index (χ4v) is 4.44. The van der Waals surface area contributed by atoms with E-state index in [0.29, 0.717) is 39.4 Å². The van der Waals surface area contributed by atoms with Crippen molar-refractivity contribution < 1.29 is 23.5 Å². The summed E-state index contributed by atoms with van der Waals surface area (Å²) >= 11 is 0. The molecule has 2 amide bonds. The topological polar surface area (TPSA) is 82.7 Å². The summed E-state index contributed by atoms with van der Waals surface area (Å²) in [6.07, 6.45) is 3.37. The van der Waals surface area contributed by atoms with Crippen molar-refractivity contribution in [3.8, 4) is 11.5 Å². The number of aryl methyl sites for hydroxylation is 1. The molecule has 2 aromatic carbocycles. The van der Waals surface area contributed by atoms with Crippen LogP contribution in [-0.2, 0) is 16.6 Å². The monoisotopic (exact) mass is 418 g/mol. The number of carbonyl (C=O) groups is 2. The minimum Gasteiger partial charge on any atom is -0.464 e. The van der Waals surface area contributed by atoms with Crippen molar-refractivity contribution in [2.24, 2.45) is 7.05 Å². The van der Waals surface area contributed by atoms with E-state index in [-0.39, 0.29) is 6.79 Å². The van der Waals surface area contributed by atoms with E-state index in [1.165, 1.54) is 6.26 Å². The van der Waals surface area contributed by atoms with E-state index >= 15 is 0 Å². The van der Waals surface area contributed by atoms with E-state index in [2.05, 4.69) is 14.6 Å². The van der Waals surface area contributed by atoms with Crippen molar-refractivity contribution >= 4 is 59.4 Å². The zero-order valence-corrected chi connectivity index (χ0v) is 17.0. The lowest BCUT2D eigenvalue weighted by Gasteiger charge is -2.03. The van der Waals surface area contributed by atoms with Crippen molar-refractivity contribution in [3.05, 3.63) is 53.9 Å². The Hall–Kier alpha value is -3.57. The van der Waals surface area contributed by atoms with Gasteiger partial charge in [0.05, 0.1) is 22.9 Å². The molecule has 0 bridgehead atoms. The molecule has 2 aliphatic heterocycles. The predicted molar refractivity (Wildman–Crippen MR) is 115 cm³/mol. The quantitative estimate of drug-likeness (QED) is 0.400. The highest BCUT2D eigenvalue weighted by Crippen LogP contribution is 2.42. The van der Waals surface area contributed by atoms with Crippen LogP contribution in [0.3, 0.4) is 0 Å². The molecule has 1 N–H and O–H groups in total. The van der Waals surface area contributed by atoms with Crippen molar-refractivity contribution in [2.45, 2.75) is 0 Å². The smallest absolute Gasteiger partial charge is 0.259 e. The summed E-state index contributed by atoms with van der Waals surface area (Å²) in [7, 11) is 4.52. The molecule has 0 saturated carbocycles. The highest BCUT2D eigenvalue weighted by atomic mass is 31.0. The molecule has 2 aliphatic rings. The lowest BCUT2D eigenvalue weighted by atomic mass is 9.95. The van der Waals surface area contributed by atoms with E-state index in [4.69, 9.17) is 13.9 Å². The molecular formula is C22H15N2O5P. The molecule has 1 atom stereocenters. The van der Waals surface area contributed by atoms with Crippen LogP contribution in [0.4, 0.5) is 0 Å². The maximum absolute atomic E-state index is 12.9. The number of fused-ring (bicyclic) bond motifs is 3. The second-order valence-electron chi connectivity index (χ2n) is 7.31.